The van der Waals surface area contributed by atoms with Crippen molar-refractivity contribution in [3.8, 4) is 5.75 Å². The molecule has 2 N–H and O–H groups in total. The molecule has 1 aromatic rings. The lowest BCUT2D eigenvalue weighted by Gasteiger charge is -2.28. The van der Waals surface area contributed by atoms with Crippen molar-refractivity contribution in [1.29, 1.82) is 0 Å². The molecule has 6 nitrogen and oxygen atoms in total. The minimum atomic E-state index is 0.0716. The Morgan fingerprint density at radius 1 is 1.19 bits per heavy atom. The number of fused-ring (bicyclic) bond motifs is 3. The Balaban J connectivity index is 1.25. The van der Waals surface area contributed by atoms with Crippen molar-refractivity contribution in [2.24, 2.45) is 0 Å². The van der Waals surface area contributed by atoms with E-state index in [9.17, 15) is 9.59 Å². The number of ether oxygens (including phenoxy) is 1. The predicted octanol–water partition coefficient (Wildman–Crippen LogP) is 2.08. The summed E-state index contributed by atoms with van der Waals surface area (Å²) in [6, 6.07) is 6.59. The van der Waals surface area contributed by atoms with Crippen molar-refractivity contribution in [1.82, 2.24) is 10.2 Å². The summed E-state index contributed by atoms with van der Waals surface area (Å²) in [5.41, 5.74) is 2.00. The van der Waals surface area contributed by atoms with Crippen LogP contribution in [-0.2, 0) is 16.0 Å². The van der Waals surface area contributed by atoms with Crippen molar-refractivity contribution in [3.63, 3.8) is 0 Å². The molecule has 0 spiro atoms. The number of anilines is 1. The highest BCUT2D eigenvalue weighted by Crippen LogP contribution is 2.29. The van der Waals surface area contributed by atoms with Crippen LogP contribution >= 0.6 is 0 Å². The van der Waals surface area contributed by atoms with Gasteiger partial charge in [0.15, 0.2) is 0 Å². The first-order valence-electron chi connectivity index (χ1n) is 9.78. The Morgan fingerprint density at radius 2 is 2.08 bits per heavy atom. The third kappa shape index (κ3) is 3.70. The molecule has 2 atom stereocenters. The van der Waals surface area contributed by atoms with Gasteiger partial charge in [0.1, 0.15) is 5.75 Å². The van der Waals surface area contributed by atoms with Crippen LogP contribution in [0.3, 0.4) is 0 Å². The fraction of sp³-hybridized carbons (Fsp3) is 0.600. The monoisotopic (exact) mass is 357 g/mol. The zero-order chi connectivity index (χ0) is 17.9. The van der Waals surface area contributed by atoms with Crippen molar-refractivity contribution in [2.75, 3.05) is 25.0 Å². The number of carbonyl (C=O) groups is 2. The molecule has 2 amide bonds. The lowest BCUT2D eigenvalue weighted by molar-refractivity contribution is -0.134. The quantitative estimate of drug-likeness (QED) is 0.792. The van der Waals surface area contributed by atoms with Crippen LogP contribution in [0.1, 0.15) is 44.1 Å². The van der Waals surface area contributed by atoms with E-state index >= 15 is 0 Å². The number of rotatable bonds is 5. The molecular formula is C20H27N3O3. The molecule has 2 fully saturated rings. The zero-order valence-electron chi connectivity index (χ0n) is 15.1. The number of carbonyl (C=O) groups excluding carboxylic acids is 2. The number of hydrogen-bond donors (Lipinski definition) is 2. The minimum absolute atomic E-state index is 0.0716. The summed E-state index contributed by atoms with van der Waals surface area (Å²) in [6.45, 7) is 2.50. The molecule has 3 aliphatic heterocycles. The smallest absolute Gasteiger partial charge is 0.224 e. The van der Waals surface area contributed by atoms with Gasteiger partial charge < -0.3 is 20.3 Å². The van der Waals surface area contributed by atoms with Gasteiger partial charge >= 0.3 is 0 Å². The average molecular weight is 357 g/mol. The molecule has 1 aromatic carbocycles. The minimum Gasteiger partial charge on any atom is -0.494 e. The van der Waals surface area contributed by atoms with E-state index < -0.39 is 0 Å². The van der Waals surface area contributed by atoms with Gasteiger partial charge in [0.05, 0.1) is 6.61 Å². The highest BCUT2D eigenvalue weighted by atomic mass is 16.5. The van der Waals surface area contributed by atoms with Crippen molar-refractivity contribution in [3.05, 3.63) is 23.8 Å². The summed E-state index contributed by atoms with van der Waals surface area (Å²) in [5, 5.41) is 6.31. The van der Waals surface area contributed by atoms with Gasteiger partial charge in [-0.25, -0.2) is 0 Å². The summed E-state index contributed by atoms with van der Waals surface area (Å²) in [5.74, 6) is 1.16. The number of nitrogens with zero attached hydrogens (tertiary/aromatic N) is 1. The lowest BCUT2D eigenvalue weighted by atomic mass is 10.0. The van der Waals surface area contributed by atoms with Crippen molar-refractivity contribution >= 4 is 17.5 Å². The van der Waals surface area contributed by atoms with E-state index in [2.05, 4.69) is 15.5 Å². The SMILES string of the molecule is O=C1CCc2cc(OCCCC(=O)N3C4CCNCC3CC4)ccc2N1. The van der Waals surface area contributed by atoms with Crippen LogP contribution in [0, 0.1) is 0 Å². The molecule has 3 aliphatic rings. The van der Waals surface area contributed by atoms with E-state index in [-0.39, 0.29) is 11.8 Å². The zero-order valence-corrected chi connectivity index (χ0v) is 15.1. The van der Waals surface area contributed by atoms with E-state index in [4.69, 9.17) is 4.74 Å². The van der Waals surface area contributed by atoms with Crippen LogP contribution in [0.2, 0.25) is 0 Å². The molecule has 26 heavy (non-hydrogen) atoms. The maximum Gasteiger partial charge on any atom is 0.224 e. The Morgan fingerprint density at radius 3 is 3.00 bits per heavy atom. The van der Waals surface area contributed by atoms with Gasteiger partial charge in [-0.05, 0) is 62.4 Å². The normalized spacial score (nSPS) is 24.6. The van der Waals surface area contributed by atoms with Crippen LogP contribution in [0.4, 0.5) is 5.69 Å². The third-order valence-corrected chi connectivity index (χ3v) is 5.72. The third-order valence-electron chi connectivity index (χ3n) is 5.72. The molecule has 6 heteroatoms. The Labute approximate surface area is 154 Å². The van der Waals surface area contributed by atoms with Gasteiger partial charge in [-0.3, -0.25) is 9.59 Å². The van der Waals surface area contributed by atoms with Crippen LogP contribution in [0.15, 0.2) is 18.2 Å². The van der Waals surface area contributed by atoms with Crippen LogP contribution in [-0.4, -0.2) is 48.5 Å². The first-order chi connectivity index (χ1) is 12.7. The second kappa shape index (κ2) is 7.66. The molecule has 2 unspecified atom stereocenters. The summed E-state index contributed by atoms with van der Waals surface area (Å²) >= 11 is 0. The molecule has 0 aliphatic carbocycles. The van der Waals surface area contributed by atoms with Crippen molar-refractivity contribution < 1.29 is 14.3 Å². The second-order valence-electron chi connectivity index (χ2n) is 7.50. The number of hydrogen-bond acceptors (Lipinski definition) is 4. The van der Waals surface area contributed by atoms with Crippen LogP contribution in [0.25, 0.3) is 0 Å². The Bertz CT molecular complexity index is 677. The highest BCUT2D eigenvalue weighted by molar-refractivity contribution is 5.94. The van der Waals surface area contributed by atoms with Crippen LogP contribution in [0.5, 0.6) is 5.75 Å². The first-order valence-corrected chi connectivity index (χ1v) is 9.78. The average Bonchev–Trinajstić information content (AvgIpc) is 2.91. The van der Waals surface area contributed by atoms with Gasteiger partial charge in [0.25, 0.3) is 0 Å². The number of benzene rings is 1. The second-order valence-corrected chi connectivity index (χ2v) is 7.50. The largest absolute Gasteiger partial charge is 0.494 e. The van der Waals surface area contributed by atoms with Gasteiger partial charge in [0, 0.05) is 37.2 Å². The number of amides is 2. The van der Waals surface area contributed by atoms with Gasteiger partial charge in [-0.1, -0.05) is 0 Å². The Kier molecular flexibility index (Phi) is 5.11. The maximum absolute atomic E-state index is 12.6. The number of nitrogens with one attached hydrogen (secondary N) is 2. The summed E-state index contributed by atoms with van der Waals surface area (Å²) in [4.78, 5) is 26.2. The summed E-state index contributed by atoms with van der Waals surface area (Å²) in [6.07, 6.45) is 5.92. The molecule has 140 valence electrons. The molecule has 0 radical (unpaired) electrons. The number of aryl methyl sites for hydroxylation is 1. The summed E-state index contributed by atoms with van der Waals surface area (Å²) in [7, 11) is 0. The predicted molar refractivity (Wildman–Crippen MR) is 99.3 cm³/mol. The Hall–Kier alpha value is -2.08. The molecule has 0 saturated carbocycles. The van der Waals surface area contributed by atoms with Gasteiger partial charge in [0.2, 0.25) is 11.8 Å². The summed E-state index contributed by atoms with van der Waals surface area (Å²) < 4.78 is 5.83. The van der Waals surface area contributed by atoms with E-state index in [1.807, 2.05) is 18.2 Å². The lowest BCUT2D eigenvalue weighted by Crippen LogP contribution is -2.42. The van der Waals surface area contributed by atoms with Gasteiger partial charge in [-0.15, -0.1) is 0 Å². The van der Waals surface area contributed by atoms with E-state index in [1.54, 1.807) is 0 Å². The highest BCUT2D eigenvalue weighted by Gasteiger charge is 2.37. The molecule has 2 bridgehead atoms. The fourth-order valence-electron chi connectivity index (χ4n) is 4.38. The molecule has 4 rings (SSSR count). The maximum atomic E-state index is 12.6. The standard InChI is InChI=1S/C20H27N3O3/c24-19-8-3-14-12-17(6-7-18(14)22-19)26-11-1-2-20(25)23-15-4-5-16(23)13-21-10-9-15/h6-7,12,15-16,21H,1-5,8-11,13H2,(H,22,24). The van der Waals surface area contributed by atoms with Gasteiger partial charge in [-0.2, -0.15) is 0 Å². The molecular weight excluding hydrogens is 330 g/mol. The van der Waals surface area contributed by atoms with Crippen LogP contribution < -0.4 is 15.4 Å². The molecule has 3 heterocycles. The van der Waals surface area contributed by atoms with E-state index in [1.165, 1.54) is 0 Å². The van der Waals surface area contributed by atoms with E-state index in [0.717, 1.165) is 62.2 Å². The van der Waals surface area contributed by atoms with E-state index in [0.29, 0.717) is 31.5 Å². The fourth-order valence-corrected chi connectivity index (χ4v) is 4.38. The van der Waals surface area contributed by atoms with Crippen molar-refractivity contribution in [2.45, 2.75) is 57.0 Å². The topological polar surface area (TPSA) is 70.7 Å². The molecule has 2 saturated heterocycles. The first kappa shape index (κ1) is 17.3. The molecule has 0 aromatic heterocycles.